The third kappa shape index (κ3) is 2.38. The lowest BCUT2D eigenvalue weighted by molar-refractivity contribution is 0.0735. The van der Waals surface area contributed by atoms with Gasteiger partial charge in [0.05, 0.1) is 10.6 Å². The van der Waals surface area contributed by atoms with E-state index in [4.69, 9.17) is 20.8 Å². The Kier molecular flexibility index (Phi) is 3.16. The van der Waals surface area contributed by atoms with E-state index < -0.39 is 5.97 Å². The quantitative estimate of drug-likeness (QED) is 0.528. The van der Waals surface area contributed by atoms with Crippen LogP contribution in [-0.4, -0.2) is 11.0 Å². The lowest BCUT2D eigenvalue weighted by Crippen LogP contribution is -2.08. The summed E-state index contributed by atoms with van der Waals surface area (Å²) in [6.45, 7) is 1.76. The SMILES string of the molecule is Cc1nc2cc(OC(=O)c3ccccc3Cl)ccc2o1. The number of hydrogen-bond donors (Lipinski definition) is 0. The van der Waals surface area contributed by atoms with Crippen LogP contribution < -0.4 is 4.74 Å². The minimum absolute atomic E-state index is 0.325. The summed E-state index contributed by atoms with van der Waals surface area (Å²) in [7, 11) is 0. The van der Waals surface area contributed by atoms with Crippen LogP contribution >= 0.6 is 11.6 Å². The summed E-state index contributed by atoms with van der Waals surface area (Å²) in [5.74, 6) is 0.459. The lowest BCUT2D eigenvalue weighted by Gasteiger charge is -2.05. The molecule has 1 heterocycles. The minimum Gasteiger partial charge on any atom is -0.441 e. The zero-order valence-corrected chi connectivity index (χ0v) is 11.3. The van der Waals surface area contributed by atoms with Crippen molar-refractivity contribution in [3.8, 4) is 5.75 Å². The van der Waals surface area contributed by atoms with Crippen LogP contribution in [-0.2, 0) is 0 Å². The van der Waals surface area contributed by atoms with Crippen LogP contribution in [0.4, 0.5) is 0 Å². The number of hydrogen-bond acceptors (Lipinski definition) is 4. The number of halogens is 1. The first-order valence-electron chi connectivity index (χ1n) is 5.97. The van der Waals surface area contributed by atoms with E-state index in [0.29, 0.717) is 33.3 Å². The molecule has 0 aliphatic carbocycles. The number of aromatic nitrogens is 1. The second-order valence-electron chi connectivity index (χ2n) is 4.23. The van der Waals surface area contributed by atoms with Gasteiger partial charge >= 0.3 is 5.97 Å². The van der Waals surface area contributed by atoms with E-state index in [2.05, 4.69) is 4.98 Å². The maximum atomic E-state index is 12.0. The normalized spacial score (nSPS) is 10.7. The van der Waals surface area contributed by atoms with Gasteiger partial charge in [0.15, 0.2) is 11.5 Å². The summed E-state index contributed by atoms with van der Waals surface area (Å²) < 4.78 is 10.7. The Hall–Kier alpha value is -2.33. The van der Waals surface area contributed by atoms with Crippen LogP contribution in [0.1, 0.15) is 16.2 Å². The second kappa shape index (κ2) is 4.98. The first-order valence-corrected chi connectivity index (χ1v) is 6.35. The molecule has 0 aliphatic heterocycles. The zero-order chi connectivity index (χ0) is 14.1. The molecule has 20 heavy (non-hydrogen) atoms. The van der Waals surface area contributed by atoms with Crippen molar-refractivity contribution in [2.75, 3.05) is 0 Å². The van der Waals surface area contributed by atoms with E-state index in [9.17, 15) is 4.79 Å². The average molecular weight is 288 g/mol. The molecule has 3 aromatic rings. The molecule has 3 rings (SSSR count). The van der Waals surface area contributed by atoms with E-state index >= 15 is 0 Å². The highest BCUT2D eigenvalue weighted by Gasteiger charge is 2.13. The van der Waals surface area contributed by atoms with Gasteiger partial charge in [-0.1, -0.05) is 23.7 Å². The fraction of sp³-hybridized carbons (Fsp3) is 0.0667. The van der Waals surface area contributed by atoms with Crippen LogP contribution in [0, 0.1) is 6.92 Å². The predicted octanol–water partition coefficient (Wildman–Crippen LogP) is 4.01. The van der Waals surface area contributed by atoms with Gasteiger partial charge in [0.2, 0.25) is 0 Å². The highest BCUT2D eigenvalue weighted by atomic mass is 35.5. The zero-order valence-electron chi connectivity index (χ0n) is 10.6. The third-order valence-corrected chi connectivity index (χ3v) is 3.10. The Morgan fingerprint density at radius 1 is 1.25 bits per heavy atom. The summed E-state index contributed by atoms with van der Waals surface area (Å²) in [6, 6.07) is 11.8. The van der Waals surface area contributed by atoms with Crippen LogP contribution in [0.5, 0.6) is 5.75 Å². The van der Waals surface area contributed by atoms with Gasteiger partial charge in [0, 0.05) is 13.0 Å². The summed E-state index contributed by atoms with van der Waals surface area (Å²) in [4.78, 5) is 16.2. The Morgan fingerprint density at radius 2 is 2.05 bits per heavy atom. The number of ether oxygens (including phenoxy) is 1. The molecular weight excluding hydrogens is 278 g/mol. The molecule has 0 spiro atoms. The van der Waals surface area contributed by atoms with Crippen LogP contribution in [0.25, 0.3) is 11.1 Å². The second-order valence-corrected chi connectivity index (χ2v) is 4.64. The summed E-state index contributed by atoms with van der Waals surface area (Å²) >= 11 is 5.96. The van der Waals surface area contributed by atoms with Crippen molar-refractivity contribution >= 4 is 28.7 Å². The van der Waals surface area contributed by atoms with Crippen LogP contribution in [0.2, 0.25) is 5.02 Å². The third-order valence-electron chi connectivity index (χ3n) is 2.77. The molecular formula is C15H10ClNO3. The number of benzene rings is 2. The number of aryl methyl sites for hydroxylation is 1. The number of rotatable bonds is 2. The van der Waals surface area contributed by atoms with Gasteiger partial charge in [-0.05, 0) is 24.3 Å². The summed E-state index contributed by atoms with van der Waals surface area (Å²) in [5, 5.41) is 0.357. The number of carbonyl (C=O) groups excluding carboxylic acids is 1. The van der Waals surface area contributed by atoms with Crippen molar-refractivity contribution in [1.29, 1.82) is 0 Å². The molecule has 0 radical (unpaired) electrons. The fourth-order valence-electron chi connectivity index (χ4n) is 1.87. The molecule has 0 saturated heterocycles. The molecule has 0 amide bonds. The Morgan fingerprint density at radius 3 is 2.85 bits per heavy atom. The van der Waals surface area contributed by atoms with E-state index in [-0.39, 0.29) is 0 Å². The summed E-state index contributed by atoms with van der Waals surface area (Å²) in [5.41, 5.74) is 1.62. The van der Waals surface area contributed by atoms with Gasteiger partial charge in [-0.25, -0.2) is 9.78 Å². The summed E-state index contributed by atoms with van der Waals surface area (Å²) in [6.07, 6.45) is 0. The van der Waals surface area contributed by atoms with Gasteiger partial charge in [0.1, 0.15) is 11.3 Å². The van der Waals surface area contributed by atoms with Crippen molar-refractivity contribution in [2.24, 2.45) is 0 Å². The molecule has 0 atom stereocenters. The molecule has 0 aliphatic rings. The first kappa shape index (κ1) is 12.7. The van der Waals surface area contributed by atoms with E-state index in [1.807, 2.05) is 0 Å². The van der Waals surface area contributed by atoms with E-state index in [1.165, 1.54) is 0 Å². The molecule has 0 unspecified atom stereocenters. The predicted molar refractivity (Wildman–Crippen MR) is 75.2 cm³/mol. The first-order chi connectivity index (χ1) is 9.63. The Labute approximate surface area is 119 Å². The molecule has 5 heteroatoms. The van der Waals surface area contributed by atoms with E-state index in [1.54, 1.807) is 49.4 Å². The molecule has 0 fully saturated rings. The number of nitrogens with zero attached hydrogens (tertiary/aromatic N) is 1. The molecule has 0 saturated carbocycles. The highest BCUT2D eigenvalue weighted by Crippen LogP contribution is 2.23. The molecule has 100 valence electrons. The average Bonchev–Trinajstić information content (AvgIpc) is 2.78. The van der Waals surface area contributed by atoms with Crippen molar-refractivity contribution in [3.05, 3.63) is 58.9 Å². The smallest absolute Gasteiger partial charge is 0.345 e. The Bertz CT molecular complexity index is 795. The number of esters is 1. The topological polar surface area (TPSA) is 52.3 Å². The maximum absolute atomic E-state index is 12.0. The number of oxazole rings is 1. The molecule has 4 nitrogen and oxygen atoms in total. The number of carbonyl (C=O) groups is 1. The van der Waals surface area contributed by atoms with Crippen molar-refractivity contribution in [1.82, 2.24) is 4.98 Å². The van der Waals surface area contributed by atoms with Gasteiger partial charge < -0.3 is 9.15 Å². The van der Waals surface area contributed by atoms with Crippen molar-refractivity contribution < 1.29 is 13.9 Å². The molecule has 2 aromatic carbocycles. The molecule has 0 bridgehead atoms. The largest absolute Gasteiger partial charge is 0.441 e. The van der Waals surface area contributed by atoms with Gasteiger partial charge in [-0.15, -0.1) is 0 Å². The van der Waals surface area contributed by atoms with Gasteiger partial charge in [-0.3, -0.25) is 0 Å². The Balaban J connectivity index is 1.89. The van der Waals surface area contributed by atoms with Crippen molar-refractivity contribution in [3.63, 3.8) is 0 Å². The van der Waals surface area contributed by atoms with Crippen LogP contribution in [0.3, 0.4) is 0 Å². The fourth-order valence-corrected chi connectivity index (χ4v) is 2.09. The lowest BCUT2D eigenvalue weighted by atomic mass is 10.2. The van der Waals surface area contributed by atoms with Crippen molar-refractivity contribution in [2.45, 2.75) is 6.92 Å². The maximum Gasteiger partial charge on any atom is 0.345 e. The van der Waals surface area contributed by atoms with Gasteiger partial charge in [-0.2, -0.15) is 0 Å². The molecule has 0 N–H and O–H groups in total. The monoisotopic (exact) mass is 287 g/mol. The standard InChI is InChI=1S/C15H10ClNO3/c1-9-17-13-8-10(6-7-14(13)19-9)20-15(18)11-4-2-3-5-12(11)16/h2-8H,1H3. The highest BCUT2D eigenvalue weighted by molar-refractivity contribution is 6.33. The minimum atomic E-state index is -0.504. The van der Waals surface area contributed by atoms with Crippen LogP contribution in [0.15, 0.2) is 46.9 Å². The number of fused-ring (bicyclic) bond motifs is 1. The van der Waals surface area contributed by atoms with Gasteiger partial charge in [0.25, 0.3) is 0 Å². The molecule has 1 aromatic heterocycles. The van der Waals surface area contributed by atoms with E-state index in [0.717, 1.165) is 0 Å².